The number of benzene rings is 2. The number of carbonyl (C=O) groups excluding carboxylic acids is 1. The molecule has 1 aliphatic rings. The third-order valence-electron chi connectivity index (χ3n) is 6.21. The van der Waals surface area contributed by atoms with Crippen molar-refractivity contribution < 1.29 is 9.21 Å². The first kappa shape index (κ1) is 22.9. The number of amides is 1. The van der Waals surface area contributed by atoms with Gasteiger partial charge < -0.3 is 4.42 Å². The highest BCUT2D eigenvalue weighted by Gasteiger charge is 2.20. The molecule has 174 valence electrons. The maximum absolute atomic E-state index is 13.0. The molecule has 0 unspecified atom stereocenters. The maximum Gasteiger partial charge on any atom is 0.257 e. The molecule has 2 aromatic heterocycles. The predicted molar refractivity (Wildman–Crippen MR) is 141 cm³/mol. The first-order valence-corrected chi connectivity index (χ1v) is 13.5. The van der Waals surface area contributed by atoms with E-state index in [4.69, 9.17) is 9.40 Å². The monoisotopic (exact) mass is 489 g/mol. The van der Waals surface area contributed by atoms with Gasteiger partial charge in [0.25, 0.3) is 5.22 Å². The Labute approximate surface area is 207 Å². The highest BCUT2D eigenvalue weighted by Crippen LogP contribution is 2.34. The summed E-state index contributed by atoms with van der Waals surface area (Å²) in [6.45, 7) is 4.22. The van der Waals surface area contributed by atoms with E-state index in [1.165, 1.54) is 60.8 Å². The average molecular weight is 490 g/mol. The number of nitrogens with zero attached hydrogens (tertiary/aromatic N) is 3. The van der Waals surface area contributed by atoms with Crippen LogP contribution in [-0.4, -0.2) is 28.2 Å². The third-order valence-corrected chi connectivity index (χ3v) is 7.89. The predicted octanol–water partition coefficient (Wildman–Crippen LogP) is 7.31. The Kier molecular flexibility index (Phi) is 7.11. The Balaban J connectivity index is 1.27. The van der Waals surface area contributed by atoms with Crippen LogP contribution in [0.2, 0.25) is 0 Å². The van der Waals surface area contributed by atoms with Gasteiger partial charge in [-0.25, -0.2) is 9.97 Å². The summed E-state index contributed by atoms with van der Waals surface area (Å²) >= 11 is 2.77. The number of fused-ring (bicyclic) bond motifs is 1. The lowest BCUT2D eigenvalue weighted by atomic mass is 9.84. The first-order chi connectivity index (χ1) is 16.7. The molecule has 1 aliphatic carbocycles. The van der Waals surface area contributed by atoms with Gasteiger partial charge >= 0.3 is 0 Å². The summed E-state index contributed by atoms with van der Waals surface area (Å²) in [6.07, 6.45) is 8.34. The molecule has 4 aromatic rings. The van der Waals surface area contributed by atoms with Crippen molar-refractivity contribution in [3.05, 3.63) is 72.1 Å². The van der Waals surface area contributed by atoms with E-state index in [2.05, 4.69) is 35.8 Å². The summed E-state index contributed by atoms with van der Waals surface area (Å²) in [4.78, 5) is 23.9. The van der Waals surface area contributed by atoms with E-state index in [1.807, 2.05) is 29.6 Å². The topological polar surface area (TPSA) is 59.2 Å². The highest BCUT2D eigenvalue weighted by molar-refractivity contribution is 7.99. The normalized spacial score (nSPS) is 14.4. The molecule has 2 heterocycles. The molecule has 2 aromatic carbocycles. The van der Waals surface area contributed by atoms with Gasteiger partial charge in [0.2, 0.25) is 5.91 Å². The standard InChI is InChI=1S/C27H27N3O2S2/c1-2-16-30(25(31)18-34-27-29-22-10-6-7-11-24(22)32-27)26-28-23(17-33-26)21-14-12-20(13-15-21)19-8-4-3-5-9-19/h2,6-7,10-15,17,19H,1,3-5,8-9,16,18H2. The zero-order chi connectivity index (χ0) is 23.3. The summed E-state index contributed by atoms with van der Waals surface area (Å²) in [5.74, 6) is 0.847. The smallest absolute Gasteiger partial charge is 0.257 e. The molecule has 1 amide bonds. The molecule has 0 atom stereocenters. The summed E-state index contributed by atoms with van der Waals surface area (Å²) in [5, 5.41) is 3.18. The zero-order valence-electron chi connectivity index (χ0n) is 19.0. The van der Waals surface area contributed by atoms with E-state index in [0.717, 1.165) is 22.4 Å². The van der Waals surface area contributed by atoms with Crippen molar-refractivity contribution in [1.29, 1.82) is 0 Å². The summed E-state index contributed by atoms with van der Waals surface area (Å²) in [5.41, 5.74) is 4.91. The summed E-state index contributed by atoms with van der Waals surface area (Å²) in [7, 11) is 0. The van der Waals surface area contributed by atoms with Crippen LogP contribution in [0.5, 0.6) is 0 Å². The van der Waals surface area contributed by atoms with Crippen molar-refractivity contribution in [3.63, 3.8) is 0 Å². The van der Waals surface area contributed by atoms with Crippen LogP contribution in [-0.2, 0) is 4.79 Å². The van der Waals surface area contributed by atoms with Crippen LogP contribution in [0, 0.1) is 0 Å². The number of hydrogen-bond acceptors (Lipinski definition) is 6. The Morgan fingerprint density at radius 1 is 1.12 bits per heavy atom. The number of aromatic nitrogens is 2. The lowest BCUT2D eigenvalue weighted by Gasteiger charge is -2.22. The second kappa shape index (κ2) is 10.6. The number of para-hydroxylation sites is 2. The molecular formula is C27H27N3O2S2. The molecule has 5 nitrogen and oxygen atoms in total. The fourth-order valence-corrected chi connectivity index (χ4v) is 5.99. The Bertz CT molecular complexity index is 1240. The lowest BCUT2D eigenvalue weighted by Crippen LogP contribution is -2.32. The number of rotatable bonds is 8. The number of thiazole rings is 1. The summed E-state index contributed by atoms with van der Waals surface area (Å²) < 4.78 is 5.73. The second-order valence-corrected chi connectivity index (χ2v) is 10.3. The molecule has 0 spiro atoms. The average Bonchev–Trinajstić information content (AvgIpc) is 3.54. The Hall–Kier alpha value is -2.90. The van der Waals surface area contributed by atoms with E-state index >= 15 is 0 Å². The van der Waals surface area contributed by atoms with E-state index in [-0.39, 0.29) is 11.7 Å². The van der Waals surface area contributed by atoms with Crippen LogP contribution in [0.4, 0.5) is 5.13 Å². The molecule has 0 bridgehead atoms. The molecular weight excluding hydrogens is 462 g/mol. The van der Waals surface area contributed by atoms with Gasteiger partial charge in [-0.05, 0) is 36.5 Å². The minimum Gasteiger partial charge on any atom is -0.431 e. The molecule has 7 heteroatoms. The van der Waals surface area contributed by atoms with Crippen LogP contribution in [0.3, 0.4) is 0 Å². The van der Waals surface area contributed by atoms with Crippen molar-refractivity contribution in [3.8, 4) is 11.3 Å². The van der Waals surface area contributed by atoms with E-state index in [0.29, 0.717) is 22.8 Å². The molecule has 0 aliphatic heterocycles. The van der Waals surface area contributed by atoms with Gasteiger partial charge in [-0.1, -0.05) is 73.5 Å². The minimum atomic E-state index is -0.0549. The maximum atomic E-state index is 13.0. The number of carbonyl (C=O) groups is 1. The van der Waals surface area contributed by atoms with Crippen molar-refractivity contribution in [2.75, 3.05) is 17.2 Å². The van der Waals surface area contributed by atoms with Gasteiger partial charge in [0.1, 0.15) is 5.52 Å². The molecule has 1 fully saturated rings. The van der Waals surface area contributed by atoms with Crippen LogP contribution in [0.15, 0.2) is 76.2 Å². The highest BCUT2D eigenvalue weighted by atomic mass is 32.2. The van der Waals surface area contributed by atoms with Crippen molar-refractivity contribution in [2.45, 2.75) is 43.2 Å². The van der Waals surface area contributed by atoms with E-state index < -0.39 is 0 Å². The first-order valence-electron chi connectivity index (χ1n) is 11.7. The molecule has 0 N–H and O–H groups in total. The van der Waals surface area contributed by atoms with Gasteiger partial charge in [-0.2, -0.15) is 0 Å². The van der Waals surface area contributed by atoms with Gasteiger partial charge in [-0.3, -0.25) is 9.69 Å². The number of oxazole rings is 1. The van der Waals surface area contributed by atoms with Crippen molar-refractivity contribution >= 4 is 45.2 Å². The van der Waals surface area contributed by atoms with Gasteiger partial charge in [0.05, 0.1) is 11.4 Å². The van der Waals surface area contributed by atoms with E-state index in [9.17, 15) is 4.79 Å². The molecule has 0 radical (unpaired) electrons. The molecule has 0 saturated heterocycles. The number of thioether (sulfide) groups is 1. The Morgan fingerprint density at radius 2 is 1.91 bits per heavy atom. The fraction of sp³-hybridized carbons (Fsp3) is 0.296. The van der Waals surface area contributed by atoms with Crippen molar-refractivity contribution in [2.24, 2.45) is 0 Å². The third kappa shape index (κ3) is 5.10. The van der Waals surface area contributed by atoms with Crippen LogP contribution >= 0.6 is 23.1 Å². The van der Waals surface area contributed by atoms with Gasteiger partial charge in [0, 0.05) is 17.5 Å². The quantitative estimate of drug-likeness (QED) is 0.192. The number of hydrogen-bond donors (Lipinski definition) is 0. The van der Waals surface area contributed by atoms with Crippen LogP contribution in [0.25, 0.3) is 22.4 Å². The SMILES string of the molecule is C=CCN(C(=O)CSc1nc2ccccc2o1)c1nc(-c2ccc(C3CCCCC3)cc2)cs1. The number of anilines is 1. The lowest BCUT2D eigenvalue weighted by molar-refractivity contribution is -0.116. The van der Waals surface area contributed by atoms with Gasteiger partial charge in [0.15, 0.2) is 10.7 Å². The summed E-state index contributed by atoms with van der Waals surface area (Å²) in [6, 6.07) is 16.4. The second-order valence-electron chi connectivity index (χ2n) is 8.50. The molecule has 5 rings (SSSR count). The molecule has 34 heavy (non-hydrogen) atoms. The van der Waals surface area contributed by atoms with Crippen LogP contribution in [0.1, 0.15) is 43.6 Å². The molecule has 1 saturated carbocycles. The minimum absolute atomic E-state index is 0.0549. The van der Waals surface area contributed by atoms with Gasteiger partial charge in [-0.15, -0.1) is 17.9 Å². The van der Waals surface area contributed by atoms with Crippen LogP contribution < -0.4 is 4.90 Å². The van der Waals surface area contributed by atoms with E-state index in [1.54, 1.807) is 11.0 Å². The van der Waals surface area contributed by atoms with Crippen molar-refractivity contribution in [1.82, 2.24) is 9.97 Å². The fourth-order valence-electron chi connectivity index (χ4n) is 4.41. The Morgan fingerprint density at radius 3 is 2.68 bits per heavy atom. The largest absolute Gasteiger partial charge is 0.431 e. The zero-order valence-corrected chi connectivity index (χ0v) is 20.6.